The molecule has 58 valence electrons. The van der Waals surface area contributed by atoms with E-state index < -0.39 is 0 Å². The minimum atomic E-state index is 0.198. The SMILES string of the molecule is ICC12CCOC(CO1)C2. The topological polar surface area (TPSA) is 18.5 Å². The van der Waals surface area contributed by atoms with Crippen molar-refractivity contribution in [1.29, 1.82) is 0 Å². The van der Waals surface area contributed by atoms with E-state index in [0.29, 0.717) is 6.10 Å². The summed E-state index contributed by atoms with van der Waals surface area (Å²) in [5.74, 6) is 0. The van der Waals surface area contributed by atoms with Gasteiger partial charge in [0.05, 0.1) is 18.3 Å². The number of alkyl halides is 1. The van der Waals surface area contributed by atoms with Gasteiger partial charge in [-0.15, -0.1) is 0 Å². The second-order valence-corrected chi connectivity index (χ2v) is 3.84. The third-order valence-corrected chi connectivity index (χ3v) is 3.72. The first kappa shape index (κ1) is 7.31. The summed E-state index contributed by atoms with van der Waals surface area (Å²) in [5, 5.41) is 0. The van der Waals surface area contributed by atoms with Gasteiger partial charge in [-0.2, -0.15) is 0 Å². The molecular formula is C7H11IO2. The van der Waals surface area contributed by atoms with Crippen molar-refractivity contribution in [2.24, 2.45) is 0 Å². The molecule has 0 spiro atoms. The van der Waals surface area contributed by atoms with Gasteiger partial charge in [-0.1, -0.05) is 22.6 Å². The van der Waals surface area contributed by atoms with E-state index in [2.05, 4.69) is 22.6 Å². The summed E-state index contributed by atoms with van der Waals surface area (Å²) in [5.41, 5.74) is 0.198. The number of fused-ring (bicyclic) bond motifs is 2. The van der Waals surface area contributed by atoms with Crippen LogP contribution in [-0.4, -0.2) is 29.3 Å². The van der Waals surface area contributed by atoms with Crippen LogP contribution in [0.1, 0.15) is 12.8 Å². The Bertz CT molecular complexity index is 136. The van der Waals surface area contributed by atoms with Crippen molar-refractivity contribution in [2.75, 3.05) is 17.6 Å². The minimum absolute atomic E-state index is 0.198. The Morgan fingerprint density at radius 3 is 3.20 bits per heavy atom. The zero-order valence-corrected chi connectivity index (χ0v) is 7.96. The Hall–Kier alpha value is 0.650. The third kappa shape index (κ3) is 1.08. The van der Waals surface area contributed by atoms with Crippen molar-refractivity contribution in [3.8, 4) is 0 Å². The lowest BCUT2D eigenvalue weighted by Crippen LogP contribution is -2.35. The van der Waals surface area contributed by atoms with Gasteiger partial charge in [0.15, 0.2) is 0 Å². The van der Waals surface area contributed by atoms with Gasteiger partial charge in [0, 0.05) is 23.9 Å². The summed E-state index contributed by atoms with van der Waals surface area (Å²) in [4.78, 5) is 0. The summed E-state index contributed by atoms with van der Waals surface area (Å²) >= 11 is 2.41. The molecule has 0 aromatic carbocycles. The van der Waals surface area contributed by atoms with E-state index in [1.807, 2.05) is 0 Å². The molecule has 0 amide bonds. The lowest BCUT2D eigenvalue weighted by atomic mass is 9.96. The number of ether oxygens (including phenoxy) is 2. The van der Waals surface area contributed by atoms with Crippen molar-refractivity contribution >= 4 is 22.6 Å². The summed E-state index contributed by atoms with van der Waals surface area (Å²) in [6.07, 6.45) is 2.62. The average molecular weight is 254 g/mol. The maximum atomic E-state index is 5.68. The maximum Gasteiger partial charge on any atom is 0.0836 e. The molecule has 3 heteroatoms. The molecule has 0 saturated carbocycles. The second kappa shape index (κ2) is 2.60. The van der Waals surface area contributed by atoms with E-state index in [4.69, 9.17) is 9.47 Å². The first-order valence-electron chi connectivity index (χ1n) is 3.66. The van der Waals surface area contributed by atoms with Crippen LogP contribution in [-0.2, 0) is 9.47 Å². The molecule has 2 rings (SSSR count). The third-order valence-electron chi connectivity index (χ3n) is 2.33. The molecule has 2 saturated heterocycles. The highest BCUT2D eigenvalue weighted by Crippen LogP contribution is 2.36. The van der Waals surface area contributed by atoms with Gasteiger partial charge in [0.2, 0.25) is 0 Å². The lowest BCUT2D eigenvalue weighted by Gasteiger charge is -2.29. The Morgan fingerprint density at radius 1 is 1.60 bits per heavy atom. The van der Waals surface area contributed by atoms with Crippen molar-refractivity contribution in [3.63, 3.8) is 0 Å². The average Bonchev–Trinajstić information content (AvgIpc) is 2.29. The number of rotatable bonds is 1. The molecule has 0 N–H and O–H groups in total. The summed E-state index contributed by atoms with van der Waals surface area (Å²) in [6, 6.07) is 0. The first-order valence-corrected chi connectivity index (χ1v) is 5.19. The van der Waals surface area contributed by atoms with Crippen molar-refractivity contribution < 1.29 is 9.47 Å². The van der Waals surface area contributed by atoms with Gasteiger partial charge in [0.25, 0.3) is 0 Å². The molecule has 2 aliphatic heterocycles. The number of halogens is 1. The molecule has 2 heterocycles. The number of hydrogen-bond acceptors (Lipinski definition) is 2. The molecule has 2 bridgehead atoms. The van der Waals surface area contributed by atoms with E-state index in [1.165, 1.54) is 0 Å². The lowest BCUT2D eigenvalue weighted by molar-refractivity contribution is -0.00360. The Balaban J connectivity index is 2.10. The van der Waals surface area contributed by atoms with Gasteiger partial charge < -0.3 is 9.47 Å². The molecular weight excluding hydrogens is 243 g/mol. The monoisotopic (exact) mass is 254 g/mol. The molecule has 2 nitrogen and oxygen atoms in total. The van der Waals surface area contributed by atoms with Crippen LogP contribution in [0.25, 0.3) is 0 Å². The fraction of sp³-hybridized carbons (Fsp3) is 1.00. The first-order chi connectivity index (χ1) is 4.85. The number of hydrogen-bond donors (Lipinski definition) is 0. The molecule has 0 aliphatic carbocycles. The van der Waals surface area contributed by atoms with Gasteiger partial charge in [-0.05, 0) is 0 Å². The van der Waals surface area contributed by atoms with E-state index in [-0.39, 0.29) is 5.60 Å². The zero-order chi connectivity index (χ0) is 7.03. The van der Waals surface area contributed by atoms with Crippen molar-refractivity contribution in [2.45, 2.75) is 24.5 Å². The van der Waals surface area contributed by atoms with Crippen molar-refractivity contribution in [1.82, 2.24) is 0 Å². The fourth-order valence-corrected chi connectivity index (χ4v) is 2.57. The Morgan fingerprint density at radius 2 is 2.50 bits per heavy atom. The minimum Gasteiger partial charge on any atom is -0.376 e. The molecule has 0 aromatic rings. The summed E-state index contributed by atoms with van der Waals surface area (Å²) < 4.78 is 12.3. The second-order valence-electron chi connectivity index (χ2n) is 3.07. The predicted octanol–water partition coefficient (Wildman–Crippen LogP) is 1.37. The molecule has 2 unspecified atom stereocenters. The zero-order valence-electron chi connectivity index (χ0n) is 5.81. The molecule has 2 fully saturated rings. The smallest absolute Gasteiger partial charge is 0.0836 e. The van der Waals surface area contributed by atoms with Crippen LogP contribution in [0.4, 0.5) is 0 Å². The fourth-order valence-electron chi connectivity index (χ4n) is 1.66. The quantitative estimate of drug-likeness (QED) is 0.519. The van der Waals surface area contributed by atoms with E-state index >= 15 is 0 Å². The molecule has 0 radical (unpaired) electrons. The summed E-state index contributed by atoms with van der Waals surface area (Å²) in [7, 11) is 0. The maximum absolute atomic E-state index is 5.68. The van der Waals surface area contributed by atoms with Crippen LogP contribution in [0.5, 0.6) is 0 Å². The highest BCUT2D eigenvalue weighted by Gasteiger charge is 2.43. The Labute approximate surface area is 74.4 Å². The van der Waals surface area contributed by atoms with Crippen LogP contribution < -0.4 is 0 Å². The van der Waals surface area contributed by atoms with E-state index in [1.54, 1.807) is 0 Å². The van der Waals surface area contributed by atoms with E-state index in [9.17, 15) is 0 Å². The molecule has 2 aliphatic rings. The van der Waals surface area contributed by atoms with Crippen LogP contribution in [0, 0.1) is 0 Å². The highest BCUT2D eigenvalue weighted by molar-refractivity contribution is 14.1. The van der Waals surface area contributed by atoms with Gasteiger partial charge >= 0.3 is 0 Å². The predicted molar refractivity (Wildman–Crippen MR) is 46.5 cm³/mol. The van der Waals surface area contributed by atoms with E-state index in [0.717, 1.165) is 30.5 Å². The van der Waals surface area contributed by atoms with Crippen LogP contribution in [0.3, 0.4) is 0 Å². The standard InChI is InChI=1S/C7H11IO2/c8-5-7-1-2-9-6(3-7)4-10-7/h6H,1-5H2. The van der Waals surface area contributed by atoms with Crippen LogP contribution in [0.15, 0.2) is 0 Å². The molecule has 10 heavy (non-hydrogen) atoms. The van der Waals surface area contributed by atoms with Gasteiger partial charge in [-0.25, -0.2) is 0 Å². The van der Waals surface area contributed by atoms with Gasteiger partial charge in [-0.3, -0.25) is 0 Å². The van der Waals surface area contributed by atoms with Crippen LogP contribution in [0.2, 0.25) is 0 Å². The van der Waals surface area contributed by atoms with Crippen molar-refractivity contribution in [3.05, 3.63) is 0 Å². The van der Waals surface area contributed by atoms with Crippen LogP contribution >= 0.6 is 22.6 Å². The molecule has 0 aromatic heterocycles. The normalized spacial score (nSPS) is 45.9. The molecule has 2 atom stereocenters. The Kier molecular flexibility index (Phi) is 1.90. The van der Waals surface area contributed by atoms with Gasteiger partial charge in [0.1, 0.15) is 0 Å². The largest absolute Gasteiger partial charge is 0.376 e. The highest BCUT2D eigenvalue weighted by atomic mass is 127. The summed E-state index contributed by atoms with van der Waals surface area (Å²) in [6.45, 7) is 1.72.